The molecule has 0 saturated carbocycles. The fraction of sp³-hybridized carbons (Fsp3) is 0.154. The van der Waals surface area contributed by atoms with Gasteiger partial charge in [-0.1, -0.05) is 12.1 Å². The summed E-state index contributed by atoms with van der Waals surface area (Å²) in [6.07, 6.45) is -6.23. The highest BCUT2D eigenvalue weighted by Crippen LogP contribution is 2.40. The minimum atomic E-state index is -4.89. The van der Waals surface area contributed by atoms with Gasteiger partial charge in [0.2, 0.25) is 0 Å². The second-order valence-corrected chi connectivity index (χ2v) is 3.93. The summed E-state index contributed by atoms with van der Waals surface area (Å²) < 4.78 is 76.2. The van der Waals surface area contributed by atoms with E-state index in [4.69, 9.17) is 0 Å². The highest BCUT2D eigenvalue weighted by atomic mass is 19.4. The van der Waals surface area contributed by atoms with Gasteiger partial charge in [0.05, 0.1) is 17.3 Å². The van der Waals surface area contributed by atoms with Crippen molar-refractivity contribution in [1.29, 1.82) is 0 Å². The van der Waals surface area contributed by atoms with Crippen LogP contribution in [-0.2, 0) is 12.4 Å². The Labute approximate surface area is 109 Å². The van der Waals surface area contributed by atoms with Crippen LogP contribution in [0.5, 0.6) is 0 Å². The molecule has 105 valence electrons. The number of pyridine rings is 1. The number of alkyl halides is 6. The number of halogens is 6. The average molecular weight is 290 g/mol. The third kappa shape index (κ3) is 2.92. The van der Waals surface area contributed by atoms with Gasteiger partial charge in [-0.15, -0.1) is 0 Å². The summed E-state index contributed by atoms with van der Waals surface area (Å²) in [6.45, 7) is 0. The van der Waals surface area contributed by atoms with Gasteiger partial charge in [-0.2, -0.15) is 26.3 Å². The van der Waals surface area contributed by atoms with Crippen molar-refractivity contribution in [1.82, 2.24) is 4.98 Å². The Hall–Kier alpha value is -2.05. The Kier molecular flexibility index (Phi) is 3.45. The molecule has 1 aromatic heterocycles. The first-order valence-electron chi connectivity index (χ1n) is 5.30. The van der Waals surface area contributed by atoms with Gasteiger partial charge in [0.1, 0.15) is 0 Å². The van der Waals surface area contributed by atoms with Gasteiger partial charge in [-0.25, -0.2) is 0 Å². The number of aromatic nitrogens is 1. The Morgan fingerprint density at radius 1 is 0.900 bits per heavy atom. The van der Waals surface area contributed by atoms with Crippen molar-refractivity contribution >= 4 is 0 Å². The van der Waals surface area contributed by atoms with Crippen LogP contribution in [-0.4, -0.2) is 4.98 Å². The molecule has 0 N–H and O–H groups in total. The van der Waals surface area contributed by atoms with Crippen molar-refractivity contribution in [2.24, 2.45) is 0 Å². The first-order chi connectivity index (χ1) is 9.19. The predicted molar refractivity (Wildman–Crippen MR) is 58.5 cm³/mol. The summed E-state index contributed by atoms with van der Waals surface area (Å²) >= 11 is 0. The summed E-state index contributed by atoms with van der Waals surface area (Å²) in [5.41, 5.74) is -2.97. The number of nitrogens with zero attached hydrogens (tertiary/aromatic N) is 1. The van der Waals surface area contributed by atoms with Crippen molar-refractivity contribution in [2.75, 3.05) is 0 Å². The van der Waals surface area contributed by atoms with Crippen molar-refractivity contribution < 1.29 is 26.3 Å². The molecular weight excluding hydrogens is 284 g/mol. The van der Waals surface area contributed by atoms with E-state index in [1.165, 1.54) is 12.1 Å². The average Bonchev–Trinajstić information content (AvgIpc) is 2.37. The van der Waals surface area contributed by atoms with Gasteiger partial charge in [0.15, 0.2) is 0 Å². The highest BCUT2D eigenvalue weighted by molar-refractivity contribution is 5.67. The first-order valence-corrected chi connectivity index (χ1v) is 5.30. The monoisotopic (exact) mass is 290 g/mol. The van der Waals surface area contributed by atoms with E-state index in [1.54, 1.807) is 0 Å². The normalized spacial score (nSPS) is 12.5. The van der Waals surface area contributed by atoms with Crippen LogP contribution in [0.4, 0.5) is 26.3 Å². The molecule has 0 saturated heterocycles. The van der Waals surface area contributed by atoms with E-state index in [0.29, 0.717) is 6.07 Å². The van der Waals surface area contributed by atoms with Gasteiger partial charge in [-0.05, 0) is 23.8 Å². The van der Waals surface area contributed by atoms with Crippen LogP contribution >= 0.6 is 0 Å². The Balaban J connectivity index is 2.65. The number of benzene rings is 1. The van der Waals surface area contributed by atoms with E-state index >= 15 is 0 Å². The summed E-state index contributed by atoms with van der Waals surface area (Å²) in [6, 6.07) is 4.09. The molecule has 20 heavy (non-hydrogen) atoms. The van der Waals surface area contributed by atoms with Gasteiger partial charge in [0.25, 0.3) is 0 Å². The Morgan fingerprint density at radius 2 is 1.60 bits per heavy atom. The minimum absolute atomic E-state index is 0.0739. The molecule has 0 unspecified atom stereocenters. The molecular formula is C13H6F6N. The molecule has 0 bridgehead atoms. The summed E-state index contributed by atoms with van der Waals surface area (Å²) in [5.74, 6) is 0. The lowest BCUT2D eigenvalue weighted by molar-refractivity contribution is -0.142. The zero-order valence-corrected chi connectivity index (χ0v) is 9.68. The number of rotatable bonds is 1. The predicted octanol–water partition coefficient (Wildman–Crippen LogP) is 4.59. The molecule has 2 rings (SSSR count). The molecule has 0 spiro atoms. The maximum absolute atomic E-state index is 12.9. The maximum Gasteiger partial charge on any atom is 0.417 e. The van der Waals surface area contributed by atoms with E-state index in [9.17, 15) is 26.3 Å². The highest BCUT2D eigenvalue weighted by Gasteiger charge is 2.38. The molecule has 0 amide bonds. The van der Waals surface area contributed by atoms with Crippen LogP contribution in [0.15, 0.2) is 36.5 Å². The lowest BCUT2D eigenvalue weighted by Crippen LogP contribution is -2.12. The van der Waals surface area contributed by atoms with Crippen LogP contribution in [0.2, 0.25) is 0 Å². The van der Waals surface area contributed by atoms with Crippen LogP contribution in [0.3, 0.4) is 0 Å². The number of hydrogen-bond acceptors (Lipinski definition) is 1. The molecule has 0 fully saturated rings. The Morgan fingerprint density at radius 3 is 2.10 bits per heavy atom. The van der Waals surface area contributed by atoms with Crippen molar-refractivity contribution in [3.63, 3.8) is 0 Å². The zero-order chi connectivity index (χ0) is 15.0. The van der Waals surface area contributed by atoms with Crippen molar-refractivity contribution in [2.45, 2.75) is 12.4 Å². The minimum Gasteiger partial charge on any atom is -0.254 e. The standard InChI is InChI=1S/C13H6F6N/c14-12(15,16)9-3-4-10(8-2-1-5-20-7-8)11(6-9)13(17,18)19/h1-4,6-7H. The number of hydrogen-bond donors (Lipinski definition) is 0. The van der Waals surface area contributed by atoms with Gasteiger partial charge >= 0.3 is 12.4 Å². The fourth-order valence-electron chi connectivity index (χ4n) is 1.69. The summed E-state index contributed by atoms with van der Waals surface area (Å²) in [5, 5.41) is 0. The fourth-order valence-corrected chi connectivity index (χ4v) is 1.69. The third-order valence-corrected chi connectivity index (χ3v) is 2.58. The zero-order valence-electron chi connectivity index (χ0n) is 9.68. The van der Waals surface area contributed by atoms with Gasteiger partial charge in [-0.3, -0.25) is 4.98 Å². The van der Waals surface area contributed by atoms with E-state index in [2.05, 4.69) is 11.2 Å². The van der Waals surface area contributed by atoms with Crippen LogP contribution < -0.4 is 0 Å². The maximum atomic E-state index is 12.9. The van der Waals surface area contributed by atoms with Crippen molar-refractivity contribution in [3.05, 3.63) is 53.9 Å². The van der Waals surface area contributed by atoms with E-state index in [0.717, 1.165) is 12.3 Å². The molecule has 7 heteroatoms. The van der Waals surface area contributed by atoms with E-state index < -0.39 is 23.5 Å². The SMILES string of the molecule is FC(F)(F)c1ccc(-c2cc[c]nc2)c(C(F)(F)F)c1. The second kappa shape index (κ2) is 4.81. The van der Waals surface area contributed by atoms with Crippen LogP contribution in [0, 0.1) is 6.20 Å². The Bertz CT molecular complexity index is 600. The molecule has 0 aliphatic rings. The molecule has 1 radical (unpaired) electrons. The summed E-state index contributed by atoms with van der Waals surface area (Å²) in [7, 11) is 0. The van der Waals surface area contributed by atoms with Crippen LogP contribution in [0.25, 0.3) is 11.1 Å². The third-order valence-electron chi connectivity index (χ3n) is 2.58. The second-order valence-electron chi connectivity index (χ2n) is 3.93. The van der Waals surface area contributed by atoms with Gasteiger partial charge < -0.3 is 0 Å². The van der Waals surface area contributed by atoms with Crippen molar-refractivity contribution in [3.8, 4) is 11.1 Å². The largest absolute Gasteiger partial charge is 0.417 e. The van der Waals surface area contributed by atoms with E-state index in [1.807, 2.05) is 0 Å². The lowest BCUT2D eigenvalue weighted by Gasteiger charge is -2.15. The molecule has 1 aromatic carbocycles. The van der Waals surface area contributed by atoms with E-state index in [-0.39, 0.29) is 17.2 Å². The molecule has 1 nitrogen and oxygen atoms in total. The molecule has 0 aliphatic carbocycles. The smallest absolute Gasteiger partial charge is 0.254 e. The molecule has 2 aromatic rings. The molecule has 0 atom stereocenters. The molecule has 1 heterocycles. The summed E-state index contributed by atoms with van der Waals surface area (Å²) in [4.78, 5) is 3.54. The molecule has 0 aliphatic heterocycles. The lowest BCUT2D eigenvalue weighted by atomic mass is 9.98. The van der Waals surface area contributed by atoms with Gasteiger partial charge in [0, 0.05) is 11.8 Å². The topological polar surface area (TPSA) is 12.9 Å². The van der Waals surface area contributed by atoms with Crippen LogP contribution in [0.1, 0.15) is 11.1 Å². The quantitative estimate of drug-likeness (QED) is 0.700. The first kappa shape index (κ1) is 14.4.